The molecule has 0 aliphatic heterocycles. The highest BCUT2D eigenvalue weighted by Gasteiger charge is 2.21. The Hall–Kier alpha value is -0.880. The molecule has 0 unspecified atom stereocenters. The van der Waals surface area contributed by atoms with Crippen LogP contribution in [0.4, 0.5) is 0 Å². The molecule has 0 radical (unpaired) electrons. The molecular formula is C10H11BrN2. The highest BCUT2D eigenvalue weighted by Crippen LogP contribution is 2.23. The van der Waals surface area contributed by atoms with E-state index in [4.69, 9.17) is 5.26 Å². The molecule has 0 atom stereocenters. The Balaban J connectivity index is 3.20. The zero-order valence-corrected chi connectivity index (χ0v) is 9.51. The van der Waals surface area contributed by atoms with Gasteiger partial charge >= 0.3 is 0 Å². The summed E-state index contributed by atoms with van der Waals surface area (Å²) in [6.07, 6.45) is 0. The second kappa shape index (κ2) is 3.47. The molecule has 0 spiro atoms. The van der Waals surface area contributed by atoms with E-state index in [2.05, 4.69) is 27.0 Å². The molecule has 13 heavy (non-hydrogen) atoms. The smallest absolute Gasteiger partial charge is 0.0937 e. The number of rotatable bonds is 1. The number of pyridine rings is 1. The van der Waals surface area contributed by atoms with Crippen LogP contribution in [-0.4, -0.2) is 4.98 Å². The minimum Gasteiger partial charge on any atom is -0.255 e. The van der Waals surface area contributed by atoms with E-state index in [-0.39, 0.29) is 0 Å². The highest BCUT2D eigenvalue weighted by molar-refractivity contribution is 9.10. The molecule has 0 amide bonds. The van der Waals surface area contributed by atoms with Crippen LogP contribution >= 0.6 is 15.9 Å². The van der Waals surface area contributed by atoms with Gasteiger partial charge in [-0.05, 0) is 48.8 Å². The Morgan fingerprint density at radius 1 is 1.46 bits per heavy atom. The van der Waals surface area contributed by atoms with Crippen LogP contribution in [0, 0.1) is 18.3 Å². The van der Waals surface area contributed by atoms with E-state index in [1.807, 2.05) is 32.9 Å². The molecule has 1 rings (SSSR count). The zero-order valence-electron chi connectivity index (χ0n) is 7.93. The molecule has 2 nitrogen and oxygen atoms in total. The third-order valence-electron chi connectivity index (χ3n) is 1.94. The predicted molar refractivity (Wildman–Crippen MR) is 55.3 cm³/mol. The van der Waals surface area contributed by atoms with Gasteiger partial charge in [0.05, 0.1) is 22.9 Å². The van der Waals surface area contributed by atoms with Gasteiger partial charge in [-0.15, -0.1) is 0 Å². The number of nitriles is 1. The fourth-order valence-electron chi connectivity index (χ4n) is 0.949. The third-order valence-corrected chi connectivity index (χ3v) is 2.78. The van der Waals surface area contributed by atoms with Crippen molar-refractivity contribution in [3.63, 3.8) is 0 Å². The lowest BCUT2D eigenvalue weighted by molar-refractivity contribution is 0.656. The van der Waals surface area contributed by atoms with Crippen molar-refractivity contribution < 1.29 is 0 Å². The molecule has 0 aliphatic carbocycles. The van der Waals surface area contributed by atoms with Gasteiger partial charge in [-0.2, -0.15) is 5.26 Å². The quantitative estimate of drug-likeness (QED) is 0.755. The molecule has 0 bridgehead atoms. The van der Waals surface area contributed by atoms with Crippen molar-refractivity contribution in [1.29, 1.82) is 5.26 Å². The van der Waals surface area contributed by atoms with Gasteiger partial charge in [0.25, 0.3) is 0 Å². The molecule has 1 aromatic rings. The first-order valence-electron chi connectivity index (χ1n) is 4.02. The van der Waals surface area contributed by atoms with Crippen LogP contribution in [0.5, 0.6) is 0 Å². The number of nitrogens with zero attached hydrogens (tertiary/aromatic N) is 2. The van der Waals surface area contributed by atoms with Crippen LogP contribution < -0.4 is 0 Å². The van der Waals surface area contributed by atoms with E-state index < -0.39 is 5.41 Å². The summed E-state index contributed by atoms with van der Waals surface area (Å²) in [5, 5.41) is 8.91. The standard InChI is InChI=1S/C10H11BrN2/c1-7-8(11)4-5-9(13-7)10(2,3)6-12/h4-5H,1-3H3. The largest absolute Gasteiger partial charge is 0.255 e. The van der Waals surface area contributed by atoms with Crippen molar-refractivity contribution in [2.45, 2.75) is 26.2 Å². The van der Waals surface area contributed by atoms with Crippen molar-refractivity contribution in [2.75, 3.05) is 0 Å². The average Bonchev–Trinajstić information content (AvgIpc) is 2.09. The summed E-state index contributed by atoms with van der Waals surface area (Å²) in [4.78, 5) is 4.35. The highest BCUT2D eigenvalue weighted by atomic mass is 79.9. The number of aryl methyl sites for hydroxylation is 1. The summed E-state index contributed by atoms with van der Waals surface area (Å²) >= 11 is 3.37. The van der Waals surface area contributed by atoms with E-state index in [1.54, 1.807) is 0 Å². The lowest BCUT2D eigenvalue weighted by atomic mass is 9.91. The second-order valence-electron chi connectivity index (χ2n) is 3.50. The maximum atomic E-state index is 8.91. The summed E-state index contributed by atoms with van der Waals surface area (Å²) in [5.41, 5.74) is 1.22. The second-order valence-corrected chi connectivity index (χ2v) is 4.35. The van der Waals surface area contributed by atoms with E-state index >= 15 is 0 Å². The molecule has 3 heteroatoms. The molecule has 1 aromatic heterocycles. The van der Waals surface area contributed by atoms with E-state index in [0.717, 1.165) is 15.9 Å². The monoisotopic (exact) mass is 238 g/mol. The zero-order chi connectivity index (χ0) is 10.1. The molecule has 0 aromatic carbocycles. The Bertz CT molecular complexity index is 364. The Kier molecular flexibility index (Phi) is 2.72. The molecule has 0 saturated carbocycles. The number of halogens is 1. The molecule has 1 heterocycles. The third kappa shape index (κ3) is 2.07. The predicted octanol–water partition coefficient (Wildman–Crippen LogP) is 2.95. The van der Waals surface area contributed by atoms with Crippen LogP contribution in [0.15, 0.2) is 16.6 Å². The SMILES string of the molecule is Cc1nc(C(C)(C)C#N)ccc1Br. The van der Waals surface area contributed by atoms with Crippen LogP contribution in [0.1, 0.15) is 25.2 Å². The van der Waals surface area contributed by atoms with Crippen LogP contribution in [-0.2, 0) is 5.41 Å². The Morgan fingerprint density at radius 2 is 2.08 bits per heavy atom. The number of hydrogen-bond acceptors (Lipinski definition) is 2. The average molecular weight is 239 g/mol. The Labute approximate surface area is 86.7 Å². The maximum Gasteiger partial charge on any atom is 0.0937 e. The summed E-state index contributed by atoms with van der Waals surface area (Å²) < 4.78 is 0.977. The summed E-state index contributed by atoms with van der Waals surface area (Å²) in [5.74, 6) is 0. The molecule has 0 N–H and O–H groups in total. The van der Waals surface area contributed by atoms with E-state index in [9.17, 15) is 0 Å². The van der Waals surface area contributed by atoms with Gasteiger partial charge in [0.15, 0.2) is 0 Å². The molecule has 0 fully saturated rings. The van der Waals surface area contributed by atoms with Crippen molar-refractivity contribution >= 4 is 15.9 Å². The molecule has 68 valence electrons. The van der Waals surface area contributed by atoms with Gasteiger partial charge in [-0.1, -0.05) is 0 Å². The van der Waals surface area contributed by atoms with Gasteiger partial charge < -0.3 is 0 Å². The van der Waals surface area contributed by atoms with E-state index in [1.165, 1.54) is 0 Å². The summed E-state index contributed by atoms with van der Waals surface area (Å²) in [7, 11) is 0. The van der Waals surface area contributed by atoms with Crippen LogP contribution in [0.3, 0.4) is 0 Å². The van der Waals surface area contributed by atoms with Crippen molar-refractivity contribution in [3.8, 4) is 6.07 Å². The van der Waals surface area contributed by atoms with Crippen molar-refractivity contribution in [3.05, 3.63) is 28.0 Å². The lowest BCUT2D eigenvalue weighted by Gasteiger charge is -2.15. The molecule has 0 saturated heterocycles. The van der Waals surface area contributed by atoms with Gasteiger partial charge in [0.1, 0.15) is 0 Å². The minimum atomic E-state index is -0.508. The maximum absolute atomic E-state index is 8.91. The van der Waals surface area contributed by atoms with E-state index in [0.29, 0.717) is 0 Å². The van der Waals surface area contributed by atoms with Gasteiger partial charge in [-0.25, -0.2) is 0 Å². The van der Waals surface area contributed by atoms with Gasteiger partial charge in [0.2, 0.25) is 0 Å². The van der Waals surface area contributed by atoms with Crippen LogP contribution in [0.2, 0.25) is 0 Å². The Morgan fingerprint density at radius 3 is 2.54 bits per heavy atom. The van der Waals surface area contributed by atoms with Crippen LogP contribution in [0.25, 0.3) is 0 Å². The minimum absolute atomic E-state index is 0.508. The lowest BCUT2D eigenvalue weighted by Crippen LogP contribution is -2.16. The first-order valence-corrected chi connectivity index (χ1v) is 4.81. The van der Waals surface area contributed by atoms with Gasteiger partial charge in [-0.3, -0.25) is 4.98 Å². The van der Waals surface area contributed by atoms with Crippen molar-refractivity contribution in [2.24, 2.45) is 0 Å². The fourth-order valence-corrected chi connectivity index (χ4v) is 1.17. The topological polar surface area (TPSA) is 36.7 Å². The fraction of sp³-hybridized carbons (Fsp3) is 0.400. The number of aromatic nitrogens is 1. The molecular weight excluding hydrogens is 228 g/mol. The summed E-state index contributed by atoms with van der Waals surface area (Å²) in [6, 6.07) is 6.03. The number of hydrogen-bond donors (Lipinski definition) is 0. The normalized spacial score (nSPS) is 11.0. The van der Waals surface area contributed by atoms with Crippen molar-refractivity contribution in [1.82, 2.24) is 4.98 Å². The molecule has 0 aliphatic rings. The first-order chi connectivity index (χ1) is 5.97. The summed E-state index contributed by atoms with van der Waals surface area (Å²) in [6.45, 7) is 5.65. The van der Waals surface area contributed by atoms with Gasteiger partial charge in [0, 0.05) is 4.47 Å². The first kappa shape index (κ1) is 10.2.